The summed E-state index contributed by atoms with van der Waals surface area (Å²) in [5.74, 6) is 1.14. The lowest BCUT2D eigenvalue weighted by Crippen LogP contribution is -2.48. The molecule has 0 N–H and O–H groups in total. The summed E-state index contributed by atoms with van der Waals surface area (Å²) in [7, 11) is 3.19. The number of carbonyl (C=O) groups is 1. The summed E-state index contributed by atoms with van der Waals surface area (Å²) in [5, 5.41) is 5.26. The van der Waals surface area contributed by atoms with Crippen LogP contribution in [-0.4, -0.2) is 60.1 Å². The third kappa shape index (κ3) is 4.31. The SMILES string of the molecule is COc1ccc(-c2cc(C(=O)N3CC(C)OC(C)C3)n(-c3ccccc3Cl)n2)c(OC)c1. The normalized spacial score (nSPS) is 18.5. The lowest BCUT2D eigenvalue weighted by atomic mass is 10.1. The third-order valence-electron chi connectivity index (χ3n) is 5.40. The molecule has 8 heteroatoms. The van der Waals surface area contributed by atoms with E-state index in [4.69, 9.17) is 30.9 Å². The van der Waals surface area contributed by atoms with Crippen LogP contribution in [0.5, 0.6) is 11.5 Å². The fourth-order valence-electron chi connectivity index (χ4n) is 3.99. The summed E-state index contributed by atoms with van der Waals surface area (Å²) in [6, 6.07) is 14.6. The van der Waals surface area contributed by atoms with Gasteiger partial charge in [-0.1, -0.05) is 23.7 Å². The van der Waals surface area contributed by atoms with Gasteiger partial charge in [-0.3, -0.25) is 4.79 Å². The first-order valence-electron chi connectivity index (χ1n) is 10.4. The van der Waals surface area contributed by atoms with Gasteiger partial charge in [-0.2, -0.15) is 5.10 Å². The van der Waals surface area contributed by atoms with Gasteiger partial charge in [0.15, 0.2) is 0 Å². The lowest BCUT2D eigenvalue weighted by Gasteiger charge is -2.35. The van der Waals surface area contributed by atoms with Crippen LogP contribution in [0.1, 0.15) is 24.3 Å². The van der Waals surface area contributed by atoms with E-state index in [1.807, 2.05) is 44.2 Å². The van der Waals surface area contributed by atoms with E-state index in [1.54, 1.807) is 42.0 Å². The number of para-hydroxylation sites is 1. The first kappa shape index (κ1) is 22.2. The summed E-state index contributed by atoms with van der Waals surface area (Å²) >= 11 is 6.47. The van der Waals surface area contributed by atoms with Crippen LogP contribution in [0.2, 0.25) is 5.02 Å². The van der Waals surface area contributed by atoms with Crippen molar-refractivity contribution in [2.24, 2.45) is 0 Å². The average Bonchev–Trinajstić information content (AvgIpc) is 3.22. The van der Waals surface area contributed by atoms with E-state index < -0.39 is 0 Å². The van der Waals surface area contributed by atoms with Crippen LogP contribution in [0.25, 0.3) is 16.9 Å². The zero-order chi connectivity index (χ0) is 22.8. The molecule has 1 amide bonds. The Bertz CT molecular complexity index is 1120. The molecule has 2 unspecified atom stereocenters. The number of morpholine rings is 1. The van der Waals surface area contributed by atoms with Gasteiger partial charge in [-0.05, 0) is 44.2 Å². The van der Waals surface area contributed by atoms with Crippen LogP contribution in [-0.2, 0) is 4.74 Å². The average molecular weight is 456 g/mol. The number of hydrogen-bond acceptors (Lipinski definition) is 5. The van der Waals surface area contributed by atoms with Crippen molar-refractivity contribution >= 4 is 17.5 Å². The Balaban J connectivity index is 1.83. The van der Waals surface area contributed by atoms with Crippen molar-refractivity contribution < 1.29 is 19.0 Å². The fourth-order valence-corrected chi connectivity index (χ4v) is 4.20. The number of benzene rings is 2. The Labute approximate surface area is 192 Å². The predicted molar refractivity (Wildman–Crippen MR) is 123 cm³/mol. The molecule has 1 fully saturated rings. The first-order valence-corrected chi connectivity index (χ1v) is 10.8. The monoisotopic (exact) mass is 455 g/mol. The van der Waals surface area contributed by atoms with Crippen LogP contribution in [0, 0.1) is 0 Å². The summed E-state index contributed by atoms with van der Waals surface area (Å²) in [5.41, 5.74) is 2.40. The highest BCUT2D eigenvalue weighted by Gasteiger charge is 2.30. The molecule has 0 radical (unpaired) electrons. The maximum absolute atomic E-state index is 13.6. The van der Waals surface area contributed by atoms with E-state index >= 15 is 0 Å². The van der Waals surface area contributed by atoms with Gasteiger partial charge in [0, 0.05) is 24.7 Å². The van der Waals surface area contributed by atoms with Crippen molar-refractivity contribution in [2.75, 3.05) is 27.3 Å². The molecule has 2 heterocycles. The van der Waals surface area contributed by atoms with Crippen molar-refractivity contribution in [1.82, 2.24) is 14.7 Å². The number of hydrogen-bond donors (Lipinski definition) is 0. The van der Waals surface area contributed by atoms with Crippen LogP contribution >= 0.6 is 11.6 Å². The minimum atomic E-state index is -0.127. The Morgan fingerprint density at radius 2 is 1.78 bits per heavy atom. The zero-order valence-electron chi connectivity index (χ0n) is 18.5. The Kier molecular flexibility index (Phi) is 6.39. The summed E-state index contributed by atoms with van der Waals surface area (Å²) in [4.78, 5) is 15.4. The highest BCUT2D eigenvalue weighted by Crippen LogP contribution is 2.34. The molecule has 1 aromatic heterocycles. The van der Waals surface area contributed by atoms with Crippen LogP contribution in [0.15, 0.2) is 48.5 Å². The van der Waals surface area contributed by atoms with Gasteiger partial charge in [0.05, 0.1) is 42.8 Å². The molecule has 0 spiro atoms. The molecule has 3 aromatic rings. The maximum atomic E-state index is 13.6. The van der Waals surface area contributed by atoms with Crippen LogP contribution < -0.4 is 9.47 Å². The number of aromatic nitrogens is 2. The van der Waals surface area contributed by atoms with E-state index in [1.165, 1.54) is 0 Å². The predicted octanol–water partition coefficient (Wildman–Crippen LogP) is 4.46. The molecule has 0 bridgehead atoms. The van der Waals surface area contributed by atoms with Gasteiger partial charge in [0.2, 0.25) is 0 Å². The molecular formula is C24H26ClN3O4. The number of nitrogens with zero attached hydrogens (tertiary/aromatic N) is 3. The molecule has 2 aromatic carbocycles. The van der Waals surface area contributed by atoms with Crippen molar-refractivity contribution in [1.29, 1.82) is 0 Å². The molecule has 0 aliphatic carbocycles. The number of amides is 1. The number of methoxy groups -OCH3 is 2. The molecule has 7 nitrogen and oxygen atoms in total. The molecule has 0 saturated carbocycles. The Hall–Kier alpha value is -3.03. The maximum Gasteiger partial charge on any atom is 0.272 e. The molecule has 2 atom stereocenters. The van der Waals surface area contributed by atoms with Crippen LogP contribution in [0.3, 0.4) is 0 Å². The number of ether oxygens (including phenoxy) is 3. The molecule has 1 aliphatic rings. The summed E-state index contributed by atoms with van der Waals surface area (Å²) < 4.78 is 18.3. The standard InChI is InChI=1S/C24H26ClN3O4/c1-15-13-27(14-16(2)32-15)24(29)22-12-20(18-10-9-17(30-3)11-23(18)31-4)26-28(22)21-8-6-5-7-19(21)25/h5-12,15-16H,13-14H2,1-4H3. The molecule has 4 rings (SSSR count). The molecule has 1 aliphatic heterocycles. The van der Waals surface area contributed by atoms with E-state index in [-0.39, 0.29) is 18.1 Å². The number of carbonyl (C=O) groups excluding carboxylic acids is 1. The van der Waals surface area contributed by atoms with E-state index in [9.17, 15) is 4.79 Å². The second-order valence-corrected chi connectivity index (χ2v) is 8.22. The molecular weight excluding hydrogens is 430 g/mol. The minimum absolute atomic E-state index is 0.0412. The van der Waals surface area contributed by atoms with Crippen LogP contribution in [0.4, 0.5) is 0 Å². The van der Waals surface area contributed by atoms with Crippen molar-refractivity contribution in [3.05, 3.63) is 59.2 Å². The second kappa shape index (κ2) is 9.22. The van der Waals surface area contributed by atoms with Gasteiger partial charge in [-0.25, -0.2) is 4.68 Å². The molecule has 168 valence electrons. The minimum Gasteiger partial charge on any atom is -0.497 e. The van der Waals surface area contributed by atoms with Gasteiger partial charge in [0.25, 0.3) is 5.91 Å². The lowest BCUT2D eigenvalue weighted by molar-refractivity contribution is -0.0588. The van der Waals surface area contributed by atoms with Gasteiger partial charge in [-0.15, -0.1) is 0 Å². The Morgan fingerprint density at radius 3 is 2.44 bits per heavy atom. The van der Waals surface area contributed by atoms with Crippen molar-refractivity contribution in [2.45, 2.75) is 26.1 Å². The smallest absolute Gasteiger partial charge is 0.272 e. The number of halogens is 1. The molecule has 32 heavy (non-hydrogen) atoms. The third-order valence-corrected chi connectivity index (χ3v) is 5.72. The van der Waals surface area contributed by atoms with Gasteiger partial charge in [0.1, 0.15) is 17.2 Å². The van der Waals surface area contributed by atoms with Crippen molar-refractivity contribution in [3.63, 3.8) is 0 Å². The highest BCUT2D eigenvalue weighted by molar-refractivity contribution is 6.32. The second-order valence-electron chi connectivity index (χ2n) is 7.81. The quantitative estimate of drug-likeness (QED) is 0.568. The van der Waals surface area contributed by atoms with E-state index in [0.29, 0.717) is 46.7 Å². The molecule has 1 saturated heterocycles. The Morgan fingerprint density at radius 1 is 1.06 bits per heavy atom. The van der Waals surface area contributed by atoms with E-state index in [0.717, 1.165) is 5.56 Å². The number of rotatable bonds is 5. The van der Waals surface area contributed by atoms with Gasteiger partial charge < -0.3 is 19.1 Å². The first-order chi connectivity index (χ1) is 15.4. The zero-order valence-corrected chi connectivity index (χ0v) is 19.3. The summed E-state index contributed by atoms with van der Waals surface area (Å²) in [6.07, 6.45) is -0.0823. The summed E-state index contributed by atoms with van der Waals surface area (Å²) in [6.45, 7) is 4.96. The van der Waals surface area contributed by atoms with E-state index in [2.05, 4.69) is 0 Å². The fraction of sp³-hybridized carbons (Fsp3) is 0.333. The van der Waals surface area contributed by atoms with Crippen molar-refractivity contribution in [3.8, 4) is 28.4 Å². The largest absolute Gasteiger partial charge is 0.497 e. The topological polar surface area (TPSA) is 65.8 Å². The van der Waals surface area contributed by atoms with Gasteiger partial charge >= 0.3 is 0 Å². The highest BCUT2D eigenvalue weighted by atomic mass is 35.5.